The maximum atomic E-state index is 10.3. The molecule has 8 heavy (non-hydrogen) atoms. The van der Waals surface area contributed by atoms with E-state index in [9.17, 15) is 4.57 Å². The van der Waals surface area contributed by atoms with E-state index in [0.29, 0.717) is 0 Å². The van der Waals surface area contributed by atoms with Gasteiger partial charge in [-0.15, -0.1) is 0 Å². The van der Waals surface area contributed by atoms with Crippen LogP contribution in [0.2, 0.25) is 0 Å². The molecule has 1 rings (SSSR count). The summed E-state index contributed by atoms with van der Waals surface area (Å²) < 4.78 is 9.88. The van der Waals surface area contributed by atoms with E-state index in [0.717, 1.165) is 0 Å². The highest BCUT2D eigenvalue weighted by Crippen LogP contribution is 2.36. The second kappa shape index (κ2) is 2.12. The maximum absolute atomic E-state index is 10.3. The van der Waals surface area contributed by atoms with Crippen molar-refractivity contribution in [2.24, 2.45) is 0 Å². The van der Waals surface area contributed by atoms with Gasteiger partial charge in [-0.3, -0.25) is 4.57 Å². The van der Waals surface area contributed by atoms with Gasteiger partial charge in [0.25, 0.3) is 0 Å². The molecule has 0 N–H and O–H groups in total. The summed E-state index contributed by atoms with van der Waals surface area (Å²) in [6.45, 7) is 0. The Kier molecular flexibility index (Phi) is 1.64. The van der Waals surface area contributed by atoms with E-state index in [-0.39, 0.29) is 8.46 Å². The smallest absolute Gasteiger partial charge is 0.182 e. The Labute approximate surface area is 57.8 Å². The molecule has 0 bridgehead atoms. The third-order valence-corrected chi connectivity index (χ3v) is 2.45. The van der Waals surface area contributed by atoms with Crippen LogP contribution in [-0.4, -0.2) is 4.07 Å². The average Bonchev–Trinajstić information content (AvgIpc) is 2.17. The van der Waals surface area contributed by atoms with Crippen molar-refractivity contribution < 1.29 is 4.57 Å². The van der Waals surface area contributed by atoms with Crippen molar-refractivity contribution in [1.82, 2.24) is 0 Å². The number of halogens is 1. The van der Waals surface area contributed by atoms with E-state index in [1.54, 1.807) is 0 Å². The lowest BCUT2D eigenvalue weighted by atomic mass is 10.5. The van der Waals surface area contributed by atoms with E-state index in [2.05, 4.69) is 15.9 Å². The lowest BCUT2D eigenvalue weighted by Crippen LogP contribution is -1.97. The number of hydrogen-bond acceptors (Lipinski definition) is 1. The van der Waals surface area contributed by atoms with Crippen LogP contribution in [0.15, 0.2) is 24.3 Å². The van der Waals surface area contributed by atoms with Gasteiger partial charge in [0.2, 0.25) is 0 Å². The van der Waals surface area contributed by atoms with Crippen LogP contribution in [0.25, 0.3) is 0 Å². The Morgan fingerprint density at radius 3 is 2.12 bits per heavy atom. The maximum Gasteiger partial charge on any atom is 0.182 e. The van der Waals surface area contributed by atoms with Gasteiger partial charge in [-0.2, -0.15) is 0 Å². The standard InChI is InChI=1S/C5H4BrOP/c6-5(8-7)3-1-2-4-5/h1-4H. The summed E-state index contributed by atoms with van der Waals surface area (Å²) in [4.78, 5) is 0. The molecule has 0 aromatic carbocycles. The zero-order chi connectivity index (χ0) is 6.04. The molecule has 0 heterocycles. The van der Waals surface area contributed by atoms with Crippen molar-refractivity contribution in [2.45, 2.75) is 4.07 Å². The fraction of sp³-hybridized carbons (Fsp3) is 0.200. The molecule has 0 atom stereocenters. The Bertz CT molecular complexity index is 150. The molecule has 1 aliphatic carbocycles. The van der Waals surface area contributed by atoms with E-state index >= 15 is 0 Å². The van der Waals surface area contributed by atoms with Crippen molar-refractivity contribution in [3.05, 3.63) is 24.3 Å². The predicted octanol–water partition coefficient (Wildman–Crippen LogP) is 2.50. The largest absolute Gasteiger partial charge is 0.273 e. The van der Waals surface area contributed by atoms with Gasteiger partial charge in [-0.25, -0.2) is 0 Å². The van der Waals surface area contributed by atoms with Crippen LogP contribution in [0.1, 0.15) is 0 Å². The molecule has 0 unspecified atom stereocenters. The molecule has 0 fully saturated rings. The van der Waals surface area contributed by atoms with Crippen molar-refractivity contribution >= 4 is 24.4 Å². The van der Waals surface area contributed by atoms with Gasteiger partial charge >= 0.3 is 0 Å². The second-order valence-corrected chi connectivity index (χ2v) is 4.38. The van der Waals surface area contributed by atoms with Crippen molar-refractivity contribution in [3.63, 3.8) is 0 Å². The number of alkyl halides is 1. The minimum atomic E-state index is -0.396. The summed E-state index contributed by atoms with van der Waals surface area (Å²) in [5, 5.41) is 0. The molecule has 42 valence electrons. The topological polar surface area (TPSA) is 17.1 Å². The predicted molar refractivity (Wildman–Crippen MR) is 37.5 cm³/mol. The number of allylic oxidation sites excluding steroid dienone is 4. The van der Waals surface area contributed by atoms with Gasteiger partial charge < -0.3 is 0 Å². The first-order chi connectivity index (χ1) is 3.77. The van der Waals surface area contributed by atoms with Crippen LogP contribution < -0.4 is 0 Å². The first kappa shape index (κ1) is 6.18. The summed E-state index contributed by atoms with van der Waals surface area (Å²) in [6.07, 6.45) is 7.39. The fourth-order valence-electron chi connectivity index (χ4n) is 0.497. The minimum Gasteiger partial charge on any atom is -0.273 e. The molecule has 0 saturated heterocycles. The third kappa shape index (κ3) is 1.07. The number of hydrogen-bond donors (Lipinski definition) is 0. The zero-order valence-corrected chi connectivity index (χ0v) is 6.52. The fourth-order valence-corrected chi connectivity index (χ4v) is 1.10. The molecule has 0 aromatic heterocycles. The molecular weight excluding hydrogens is 187 g/mol. The van der Waals surface area contributed by atoms with E-state index < -0.39 is 4.07 Å². The van der Waals surface area contributed by atoms with Crippen LogP contribution in [0, 0.1) is 0 Å². The molecule has 0 radical (unpaired) electrons. The highest BCUT2D eigenvalue weighted by molar-refractivity contribution is 9.11. The van der Waals surface area contributed by atoms with E-state index in [1.165, 1.54) is 0 Å². The summed E-state index contributed by atoms with van der Waals surface area (Å²) in [7, 11) is 0.0926. The normalized spacial score (nSPS) is 22.6. The van der Waals surface area contributed by atoms with E-state index in [4.69, 9.17) is 0 Å². The lowest BCUT2D eigenvalue weighted by molar-refractivity contribution is 0.597. The molecule has 0 spiro atoms. The van der Waals surface area contributed by atoms with Crippen molar-refractivity contribution in [1.29, 1.82) is 0 Å². The second-order valence-electron chi connectivity index (χ2n) is 1.54. The summed E-state index contributed by atoms with van der Waals surface area (Å²) in [6, 6.07) is 0. The van der Waals surface area contributed by atoms with Crippen LogP contribution in [0.5, 0.6) is 0 Å². The highest BCUT2D eigenvalue weighted by Gasteiger charge is 2.21. The molecule has 0 saturated carbocycles. The summed E-state index contributed by atoms with van der Waals surface area (Å²) in [5.74, 6) is 0. The van der Waals surface area contributed by atoms with Gasteiger partial charge in [0.1, 0.15) is 4.07 Å². The molecule has 1 nitrogen and oxygen atoms in total. The first-order valence-corrected chi connectivity index (χ1v) is 3.78. The first-order valence-electron chi connectivity index (χ1n) is 2.17. The van der Waals surface area contributed by atoms with Crippen LogP contribution in [0.4, 0.5) is 0 Å². The number of rotatable bonds is 1. The lowest BCUT2D eigenvalue weighted by Gasteiger charge is -2.01. The molecular formula is C5H4BrOP. The van der Waals surface area contributed by atoms with Gasteiger partial charge in [0, 0.05) is 0 Å². The Morgan fingerprint density at radius 2 is 1.88 bits per heavy atom. The van der Waals surface area contributed by atoms with Gasteiger partial charge in [-0.1, -0.05) is 40.2 Å². The minimum absolute atomic E-state index is 0.0926. The summed E-state index contributed by atoms with van der Waals surface area (Å²) >= 11 is 3.25. The van der Waals surface area contributed by atoms with Crippen LogP contribution >= 0.6 is 24.4 Å². The van der Waals surface area contributed by atoms with E-state index in [1.807, 2.05) is 24.3 Å². The molecule has 1 aliphatic rings. The van der Waals surface area contributed by atoms with Gasteiger partial charge in [0.15, 0.2) is 8.46 Å². The Hall–Kier alpha value is 0.0600. The zero-order valence-electron chi connectivity index (χ0n) is 4.04. The molecule has 0 aliphatic heterocycles. The quantitative estimate of drug-likeness (QED) is 0.459. The Balaban J connectivity index is 2.83. The van der Waals surface area contributed by atoms with Crippen molar-refractivity contribution in [3.8, 4) is 0 Å². The highest BCUT2D eigenvalue weighted by atomic mass is 79.9. The average molecular weight is 191 g/mol. The van der Waals surface area contributed by atoms with Gasteiger partial charge in [-0.05, 0) is 0 Å². The Morgan fingerprint density at radius 1 is 1.38 bits per heavy atom. The SMILES string of the molecule is O=PC1(Br)C=CC=C1. The molecule has 0 amide bonds. The molecule has 0 aromatic rings. The third-order valence-electron chi connectivity index (χ3n) is 0.911. The monoisotopic (exact) mass is 190 g/mol. The molecule has 3 heteroatoms. The van der Waals surface area contributed by atoms with Crippen LogP contribution in [0.3, 0.4) is 0 Å². The van der Waals surface area contributed by atoms with Crippen molar-refractivity contribution in [2.75, 3.05) is 0 Å². The van der Waals surface area contributed by atoms with Crippen LogP contribution in [-0.2, 0) is 4.57 Å². The van der Waals surface area contributed by atoms with Gasteiger partial charge in [0.05, 0.1) is 0 Å². The summed E-state index contributed by atoms with van der Waals surface area (Å²) in [5.41, 5.74) is 0.